The molecule has 1 aromatic heterocycles. The molecule has 2 aromatic carbocycles. The number of nitrogens with one attached hydrogen (secondary N) is 2. The van der Waals surface area contributed by atoms with Crippen LogP contribution in [-0.2, 0) is 4.79 Å². The monoisotopic (exact) mass is 396 g/mol. The van der Waals surface area contributed by atoms with Gasteiger partial charge in [-0.3, -0.25) is 14.9 Å². The summed E-state index contributed by atoms with van der Waals surface area (Å²) in [5, 5.41) is 14.6. The van der Waals surface area contributed by atoms with E-state index in [0.29, 0.717) is 21.5 Å². The average Bonchev–Trinajstić information content (AvgIpc) is 3.16. The Morgan fingerprint density at radius 2 is 1.89 bits per heavy atom. The van der Waals surface area contributed by atoms with Crippen molar-refractivity contribution >= 4 is 28.3 Å². The Morgan fingerprint density at radius 1 is 1.11 bits per heavy atom. The second-order valence-corrected chi connectivity index (χ2v) is 7.14. The molecular formula is C20H20N4O3S. The number of para-hydroxylation sites is 1. The van der Waals surface area contributed by atoms with Crippen LogP contribution in [0.1, 0.15) is 22.8 Å². The minimum Gasteiger partial charge on any atom is -0.496 e. The maximum Gasteiger partial charge on any atom is 0.255 e. The number of amides is 2. The average molecular weight is 396 g/mol. The highest BCUT2D eigenvalue weighted by molar-refractivity contribution is 7.18. The number of benzene rings is 2. The zero-order chi connectivity index (χ0) is 20.1. The first kappa shape index (κ1) is 19.5. The topological polar surface area (TPSA) is 93.2 Å². The lowest BCUT2D eigenvalue weighted by Crippen LogP contribution is -2.41. The van der Waals surface area contributed by atoms with Gasteiger partial charge in [-0.1, -0.05) is 47.2 Å². The highest BCUT2D eigenvalue weighted by Crippen LogP contribution is 2.26. The first-order valence-corrected chi connectivity index (χ1v) is 9.45. The Hall–Kier alpha value is -3.26. The summed E-state index contributed by atoms with van der Waals surface area (Å²) in [7, 11) is 1.49. The number of carbonyl (C=O) groups is 2. The minimum atomic E-state index is -0.760. The van der Waals surface area contributed by atoms with Gasteiger partial charge >= 0.3 is 0 Å². The van der Waals surface area contributed by atoms with Gasteiger partial charge in [-0.05, 0) is 32.0 Å². The fourth-order valence-electron chi connectivity index (χ4n) is 2.55. The Kier molecular flexibility index (Phi) is 6.00. The lowest BCUT2D eigenvalue weighted by molar-refractivity contribution is -0.117. The third kappa shape index (κ3) is 4.52. The van der Waals surface area contributed by atoms with E-state index in [1.54, 1.807) is 31.2 Å². The van der Waals surface area contributed by atoms with Gasteiger partial charge in [-0.15, -0.1) is 10.2 Å². The number of ether oxygens (including phenoxy) is 1. The predicted molar refractivity (Wildman–Crippen MR) is 109 cm³/mol. The number of hydrogen-bond donors (Lipinski definition) is 2. The molecule has 1 atom stereocenters. The zero-order valence-electron chi connectivity index (χ0n) is 15.7. The quantitative estimate of drug-likeness (QED) is 0.667. The van der Waals surface area contributed by atoms with Crippen molar-refractivity contribution in [2.24, 2.45) is 0 Å². The van der Waals surface area contributed by atoms with Crippen molar-refractivity contribution in [1.29, 1.82) is 0 Å². The first-order valence-electron chi connectivity index (χ1n) is 8.63. The molecule has 3 rings (SSSR count). The summed E-state index contributed by atoms with van der Waals surface area (Å²) in [6.07, 6.45) is 0. The van der Waals surface area contributed by atoms with E-state index >= 15 is 0 Å². The molecule has 0 aliphatic rings. The summed E-state index contributed by atoms with van der Waals surface area (Å²) in [5.41, 5.74) is 2.42. The standard InChI is InChI=1S/C20H20N4O3S/c1-12-7-6-8-14(11-12)19-23-24-20(28-19)22-17(25)13(2)21-18(26)15-9-4-5-10-16(15)27-3/h4-11,13H,1-3H3,(H,21,26)(H,22,24,25)/t13-/m1/s1. The Bertz CT molecular complexity index is 1000. The number of nitrogens with zero attached hydrogens (tertiary/aromatic N) is 2. The van der Waals surface area contributed by atoms with E-state index < -0.39 is 11.9 Å². The molecule has 144 valence electrons. The van der Waals surface area contributed by atoms with Crippen molar-refractivity contribution in [3.05, 3.63) is 59.7 Å². The van der Waals surface area contributed by atoms with Gasteiger partial charge in [-0.2, -0.15) is 0 Å². The van der Waals surface area contributed by atoms with Crippen molar-refractivity contribution in [2.45, 2.75) is 19.9 Å². The number of hydrogen-bond acceptors (Lipinski definition) is 6. The lowest BCUT2D eigenvalue weighted by atomic mass is 10.1. The summed E-state index contributed by atoms with van der Waals surface area (Å²) in [6.45, 7) is 3.60. The molecule has 0 aliphatic carbocycles. The molecule has 0 aliphatic heterocycles. The minimum absolute atomic E-state index is 0.363. The zero-order valence-corrected chi connectivity index (χ0v) is 16.5. The molecule has 1 heterocycles. The van der Waals surface area contributed by atoms with Crippen LogP contribution >= 0.6 is 11.3 Å². The number of aryl methyl sites for hydroxylation is 1. The third-order valence-electron chi connectivity index (χ3n) is 4.01. The van der Waals surface area contributed by atoms with Gasteiger partial charge in [0.1, 0.15) is 16.8 Å². The van der Waals surface area contributed by atoms with E-state index in [9.17, 15) is 9.59 Å². The molecular weight excluding hydrogens is 376 g/mol. The van der Waals surface area contributed by atoms with Crippen LogP contribution in [0.5, 0.6) is 5.75 Å². The maximum absolute atomic E-state index is 12.4. The summed E-state index contributed by atoms with van der Waals surface area (Å²) in [5.74, 6) is -0.326. The molecule has 0 unspecified atom stereocenters. The van der Waals surface area contributed by atoms with Gasteiger partial charge in [0.25, 0.3) is 5.91 Å². The van der Waals surface area contributed by atoms with E-state index in [-0.39, 0.29) is 5.91 Å². The Balaban J connectivity index is 1.64. The van der Waals surface area contributed by atoms with Crippen LogP contribution in [-0.4, -0.2) is 35.2 Å². The van der Waals surface area contributed by atoms with E-state index in [0.717, 1.165) is 11.1 Å². The summed E-state index contributed by atoms with van der Waals surface area (Å²) < 4.78 is 5.18. The molecule has 0 saturated heterocycles. The highest BCUT2D eigenvalue weighted by Gasteiger charge is 2.20. The van der Waals surface area contributed by atoms with E-state index in [1.165, 1.54) is 18.4 Å². The third-order valence-corrected chi connectivity index (χ3v) is 4.90. The molecule has 3 aromatic rings. The second kappa shape index (κ2) is 8.62. The van der Waals surface area contributed by atoms with Crippen LogP contribution in [0.2, 0.25) is 0 Å². The van der Waals surface area contributed by atoms with Crippen molar-refractivity contribution in [3.63, 3.8) is 0 Å². The molecule has 28 heavy (non-hydrogen) atoms. The van der Waals surface area contributed by atoms with E-state index in [4.69, 9.17) is 4.74 Å². The predicted octanol–water partition coefficient (Wildman–Crippen LogP) is 3.28. The van der Waals surface area contributed by atoms with Crippen LogP contribution in [0.3, 0.4) is 0 Å². The van der Waals surface area contributed by atoms with E-state index in [2.05, 4.69) is 20.8 Å². The van der Waals surface area contributed by atoms with Crippen LogP contribution < -0.4 is 15.4 Å². The van der Waals surface area contributed by atoms with Gasteiger partial charge in [0, 0.05) is 5.56 Å². The van der Waals surface area contributed by atoms with Gasteiger partial charge in [0.05, 0.1) is 12.7 Å². The molecule has 2 N–H and O–H groups in total. The van der Waals surface area contributed by atoms with Crippen molar-refractivity contribution < 1.29 is 14.3 Å². The fourth-order valence-corrected chi connectivity index (χ4v) is 3.30. The molecule has 0 fully saturated rings. The molecule has 7 nitrogen and oxygen atoms in total. The SMILES string of the molecule is COc1ccccc1C(=O)N[C@H](C)C(=O)Nc1nnc(-c2cccc(C)c2)s1. The van der Waals surface area contributed by atoms with Crippen LogP contribution in [0.4, 0.5) is 5.13 Å². The van der Waals surface area contributed by atoms with Crippen LogP contribution in [0.15, 0.2) is 48.5 Å². The maximum atomic E-state index is 12.4. The largest absolute Gasteiger partial charge is 0.496 e. The lowest BCUT2D eigenvalue weighted by Gasteiger charge is -2.14. The van der Waals surface area contributed by atoms with Gasteiger partial charge in [0.2, 0.25) is 11.0 Å². The fraction of sp³-hybridized carbons (Fsp3) is 0.200. The molecule has 8 heteroatoms. The smallest absolute Gasteiger partial charge is 0.255 e. The van der Waals surface area contributed by atoms with Crippen molar-refractivity contribution in [1.82, 2.24) is 15.5 Å². The Labute approximate surface area is 166 Å². The normalized spacial score (nSPS) is 11.5. The molecule has 0 spiro atoms. The van der Waals surface area contributed by atoms with Crippen LogP contribution in [0.25, 0.3) is 10.6 Å². The van der Waals surface area contributed by atoms with Crippen LogP contribution in [0, 0.1) is 6.92 Å². The van der Waals surface area contributed by atoms with Gasteiger partial charge in [0.15, 0.2) is 0 Å². The number of anilines is 1. The van der Waals surface area contributed by atoms with Gasteiger partial charge < -0.3 is 10.1 Å². The van der Waals surface area contributed by atoms with Gasteiger partial charge in [-0.25, -0.2) is 0 Å². The summed E-state index contributed by atoms with van der Waals surface area (Å²) in [6, 6.07) is 14.0. The molecule has 0 saturated carbocycles. The van der Waals surface area contributed by atoms with Crippen molar-refractivity contribution in [2.75, 3.05) is 12.4 Å². The number of carbonyl (C=O) groups excluding carboxylic acids is 2. The summed E-state index contributed by atoms with van der Waals surface area (Å²) >= 11 is 1.27. The Morgan fingerprint density at radius 3 is 2.64 bits per heavy atom. The van der Waals surface area contributed by atoms with E-state index in [1.807, 2.05) is 31.2 Å². The number of rotatable bonds is 6. The molecule has 2 amide bonds. The number of methoxy groups -OCH3 is 1. The van der Waals surface area contributed by atoms with Crippen molar-refractivity contribution in [3.8, 4) is 16.3 Å². The summed E-state index contributed by atoms with van der Waals surface area (Å²) in [4.78, 5) is 24.8. The molecule has 0 radical (unpaired) electrons. The molecule has 0 bridgehead atoms. The highest BCUT2D eigenvalue weighted by atomic mass is 32.1. The second-order valence-electron chi connectivity index (χ2n) is 6.17. The first-order chi connectivity index (χ1) is 13.5. The number of aromatic nitrogens is 2.